The van der Waals surface area contributed by atoms with E-state index in [2.05, 4.69) is 31.4 Å². The van der Waals surface area contributed by atoms with Crippen molar-refractivity contribution >= 4 is 50.2 Å². The number of para-hydroxylation sites is 1. The predicted octanol–water partition coefficient (Wildman–Crippen LogP) is 4.80. The van der Waals surface area contributed by atoms with E-state index in [0.717, 1.165) is 21.8 Å². The van der Waals surface area contributed by atoms with Gasteiger partial charge in [-0.2, -0.15) is 5.10 Å². The van der Waals surface area contributed by atoms with Crippen LogP contribution in [0.25, 0.3) is 16.6 Å². The molecular weight excluding hydrogens is 544 g/mol. The van der Waals surface area contributed by atoms with Crippen LogP contribution in [0.3, 0.4) is 0 Å². The van der Waals surface area contributed by atoms with Gasteiger partial charge in [0, 0.05) is 10.0 Å². The molecule has 1 N–H and O–H groups in total. The number of thioether (sulfide) groups is 1. The zero-order valence-electron chi connectivity index (χ0n) is 19.8. The second kappa shape index (κ2) is 11.4. The smallest absolute Gasteiger partial charge is 0.266 e. The van der Waals surface area contributed by atoms with E-state index < -0.39 is 0 Å². The first kappa shape index (κ1) is 25.5. The number of carbonyl (C=O) groups excluding carboxylic acids is 1. The van der Waals surface area contributed by atoms with Gasteiger partial charge in [-0.3, -0.25) is 14.2 Å². The first-order valence-electron chi connectivity index (χ1n) is 10.9. The number of hydrogen-bond acceptors (Lipinski definition) is 7. The highest BCUT2D eigenvalue weighted by molar-refractivity contribution is 9.10. The lowest BCUT2D eigenvalue weighted by molar-refractivity contribution is -0.118. The molecule has 184 valence electrons. The SMILES string of the molecule is COc1ccc(C(C)=NNC(=O)CSc2nc3ccccc3c(=O)n2-c2ccc(Br)cc2)cc1OC. The van der Waals surface area contributed by atoms with E-state index in [1.165, 1.54) is 4.57 Å². The van der Waals surface area contributed by atoms with Crippen LogP contribution in [0.2, 0.25) is 0 Å². The molecule has 0 fully saturated rings. The van der Waals surface area contributed by atoms with Crippen LogP contribution < -0.4 is 20.5 Å². The summed E-state index contributed by atoms with van der Waals surface area (Å²) in [6.07, 6.45) is 0. The maximum atomic E-state index is 13.3. The predicted molar refractivity (Wildman–Crippen MR) is 146 cm³/mol. The summed E-state index contributed by atoms with van der Waals surface area (Å²) in [5, 5.41) is 5.13. The van der Waals surface area contributed by atoms with Gasteiger partial charge in [-0.25, -0.2) is 10.4 Å². The van der Waals surface area contributed by atoms with E-state index in [-0.39, 0.29) is 17.2 Å². The van der Waals surface area contributed by atoms with Crippen molar-refractivity contribution in [2.24, 2.45) is 5.10 Å². The monoisotopic (exact) mass is 566 g/mol. The van der Waals surface area contributed by atoms with Crippen molar-refractivity contribution < 1.29 is 14.3 Å². The molecule has 1 heterocycles. The van der Waals surface area contributed by atoms with Crippen LogP contribution in [0, 0.1) is 0 Å². The lowest BCUT2D eigenvalue weighted by atomic mass is 10.1. The second-order valence-corrected chi connectivity index (χ2v) is 9.48. The van der Waals surface area contributed by atoms with Crippen LogP contribution in [0.5, 0.6) is 11.5 Å². The molecule has 0 radical (unpaired) electrons. The fourth-order valence-electron chi connectivity index (χ4n) is 3.46. The summed E-state index contributed by atoms with van der Waals surface area (Å²) in [6, 6.07) is 19.9. The van der Waals surface area contributed by atoms with E-state index >= 15 is 0 Å². The van der Waals surface area contributed by atoms with Gasteiger partial charge in [0.15, 0.2) is 16.7 Å². The largest absolute Gasteiger partial charge is 0.493 e. The summed E-state index contributed by atoms with van der Waals surface area (Å²) < 4.78 is 13.0. The maximum Gasteiger partial charge on any atom is 0.266 e. The normalized spacial score (nSPS) is 11.4. The Labute approximate surface area is 220 Å². The van der Waals surface area contributed by atoms with E-state index in [1.807, 2.05) is 36.4 Å². The Balaban J connectivity index is 1.55. The molecule has 0 unspecified atom stereocenters. The number of hydrazone groups is 1. The van der Waals surface area contributed by atoms with Gasteiger partial charge in [0.25, 0.3) is 11.5 Å². The zero-order chi connectivity index (χ0) is 25.7. The van der Waals surface area contributed by atoms with Crippen molar-refractivity contribution in [3.8, 4) is 17.2 Å². The lowest BCUT2D eigenvalue weighted by Crippen LogP contribution is -2.24. The second-order valence-electron chi connectivity index (χ2n) is 7.62. The average Bonchev–Trinajstić information content (AvgIpc) is 2.91. The highest BCUT2D eigenvalue weighted by Crippen LogP contribution is 2.28. The highest BCUT2D eigenvalue weighted by atomic mass is 79.9. The summed E-state index contributed by atoms with van der Waals surface area (Å²) in [6.45, 7) is 1.78. The lowest BCUT2D eigenvalue weighted by Gasteiger charge is -2.13. The van der Waals surface area contributed by atoms with Crippen molar-refractivity contribution in [3.05, 3.63) is 87.1 Å². The Morgan fingerprint density at radius 2 is 1.78 bits per heavy atom. The molecule has 4 aromatic rings. The number of nitrogens with zero attached hydrogens (tertiary/aromatic N) is 3. The standard InChI is InChI=1S/C26H23BrN4O4S/c1-16(17-8-13-22(34-2)23(14-17)35-3)29-30-24(32)15-36-26-28-21-7-5-4-6-20(21)25(33)31(26)19-11-9-18(27)10-12-19/h4-14H,15H2,1-3H3,(H,30,32). The molecule has 10 heteroatoms. The van der Waals surface area contributed by atoms with Crippen molar-refractivity contribution in [1.29, 1.82) is 0 Å². The van der Waals surface area contributed by atoms with Crippen LogP contribution in [-0.4, -0.2) is 41.1 Å². The summed E-state index contributed by atoms with van der Waals surface area (Å²) in [5.74, 6) is 0.864. The van der Waals surface area contributed by atoms with Crippen LogP contribution >= 0.6 is 27.7 Å². The van der Waals surface area contributed by atoms with E-state index in [9.17, 15) is 9.59 Å². The van der Waals surface area contributed by atoms with Gasteiger partial charge < -0.3 is 9.47 Å². The number of amides is 1. The zero-order valence-corrected chi connectivity index (χ0v) is 22.2. The summed E-state index contributed by atoms with van der Waals surface area (Å²) >= 11 is 4.58. The quantitative estimate of drug-likeness (QED) is 0.142. The molecule has 0 aliphatic carbocycles. The molecule has 1 amide bonds. The number of carbonyl (C=O) groups is 1. The number of ether oxygens (including phenoxy) is 2. The average molecular weight is 567 g/mol. The Bertz CT molecular complexity index is 1500. The third-order valence-electron chi connectivity index (χ3n) is 5.31. The topological polar surface area (TPSA) is 94.8 Å². The number of halogens is 1. The third kappa shape index (κ3) is 5.60. The number of hydrogen-bond donors (Lipinski definition) is 1. The summed E-state index contributed by atoms with van der Waals surface area (Å²) in [5.41, 5.74) is 4.98. The molecule has 0 aliphatic rings. The van der Waals surface area contributed by atoms with E-state index in [4.69, 9.17) is 9.47 Å². The van der Waals surface area contributed by atoms with Crippen LogP contribution in [0.15, 0.2) is 86.3 Å². The number of nitrogens with one attached hydrogen (secondary N) is 1. The molecule has 3 aromatic carbocycles. The molecule has 0 spiro atoms. The van der Waals surface area contributed by atoms with Gasteiger partial charge in [-0.05, 0) is 61.5 Å². The van der Waals surface area contributed by atoms with Crippen LogP contribution in [0.1, 0.15) is 12.5 Å². The molecule has 0 saturated heterocycles. The molecule has 0 saturated carbocycles. The molecule has 36 heavy (non-hydrogen) atoms. The van der Waals surface area contributed by atoms with Crippen LogP contribution in [0.4, 0.5) is 0 Å². The molecule has 8 nitrogen and oxygen atoms in total. The fraction of sp³-hybridized carbons (Fsp3) is 0.154. The number of rotatable bonds is 8. The molecule has 1 aromatic heterocycles. The maximum absolute atomic E-state index is 13.3. The molecule has 0 aliphatic heterocycles. The van der Waals surface area contributed by atoms with Gasteiger partial charge in [-0.1, -0.05) is 39.8 Å². The molecule has 0 bridgehead atoms. The number of benzene rings is 3. The van der Waals surface area contributed by atoms with Crippen LogP contribution in [-0.2, 0) is 4.79 Å². The van der Waals surface area contributed by atoms with Crippen molar-refractivity contribution in [2.75, 3.05) is 20.0 Å². The van der Waals surface area contributed by atoms with Gasteiger partial charge >= 0.3 is 0 Å². The van der Waals surface area contributed by atoms with Gasteiger partial charge in [0.05, 0.1) is 42.3 Å². The molecule has 4 rings (SSSR count). The number of methoxy groups -OCH3 is 2. The van der Waals surface area contributed by atoms with Crippen molar-refractivity contribution in [3.63, 3.8) is 0 Å². The molecular formula is C26H23BrN4O4S. The van der Waals surface area contributed by atoms with Gasteiger partial charge in [0.2, 0.25) is 0 Å². The Hall–Kier alpha value is -3.63. The minimum Gasteiger partial charge on any atom is -0.493 e. The molecule has 0 atom stereocenters. The number of aromatic nitrogens is 2. The Morgan fingerprint density at radius 3 is 2.50 bits per heavy atom. The summed E-state index contributed by atoms with van der Waals surface area (Å²) in [7, 11) is 3.12. The van der Waals surface area contributed by atoms with E-state index in [0.29, 0.717) is 39.0 Å². The fourth-order valence-corrected chi connectivity index (χ4v) is 4.53. The minimum atomic E-state index is -0.329. The first-order valence-corrected chi connectivity index (χ1v) is 12.6. The minimum absolute atomic E-state index is 0.0179. The third-order valence-corrected chi connectivity index (χ3v) is 6.78. The Morgan fingerprint density at radius 1 is 1.06 bits per heavy atom. The first-order chi connectivity index (χ1) is 17.4. The van der Waals surface area contributed by atoms with Crippen molar-refractivity contribution in [1.82, 2.24) is 15.0 Å². The van der Waals surface area contributed by atoms with Gasteiger partial charge in [0.1, 0.15) is 0 Å². The number of fused-ring (bicyclic) bond motifs is 1. The Kier molecular flexibility index (Phi) is 8.07. The summed E-state index contributed by atoms with van der Waals surface area (Å²) in [4.78, 5) is 30.6. The van der Waals surface area contributed by atoms with E-state index in [1.54, 1.807) is 51.5 Å². The highest BCUT2D eigenvalue weighted by Gasteiger charge is 2.15. The van der Waals surface area contributed by atoms with Gasteiger partial charge in [-0.15, -0.1) is 0 Å². The van der Waals surface area contributed by atoms with Crippen molar-refractivity contribution in [2.45, 2.75) is 12.1 Å².